The van der Waals surface area contributed by atoms with Gasteiger partial charge < -0.3 is 14.8 Å². The van der Waals surface area contributed by atoms with E-state index in [2.05, 4.69) is 5.32 Å². The summed E-state index contributed by atoms with van der Waals surface area (Å²) < 4.78 is 27.7. The number of carboxylic acids is 1. The van der Waals surface area contributed by atoms with Gasteiger partial charge in [0.25, 0.3) is 5.91 Å². The minimum Gasteiger partial charge on any atom is -0.481 e. The first-order chi connectivity index (χ1) is 10.6. The van der Waals surface area contributed by atoms with Gasteiger partial charge in [0.2, 0.25) is 0 Å². The zero-order valence-corrected chi connectivity index (χ0v) is 14.0. The fourth-order valence-electron chi connectivity index (χ4n) is 3.04. The van der Waals surface area contributed by atoms with E-state index in [1.165, 1.54) is 12.1 Å². The number of furan rings is 1. The van der Waals surface area contributed by atoms with Gasteiger partial charge in [-0.3, -0.25) is 9.59 Å². The van der Waals surface area contributed by atoms with Gasteiger partial charge >= 0.3 is 5.97 Å². The van der Waals surface area contributed by atoms with Crippen LogP contribution >= 0.6 is 0 Å². The molecule has 1 heterocycles. The van der Waals surface area contributed by atoms with Crippen LogP contribution < -0.4 is 5.32 Å². The summed E-state index contributed by atoms with van der Waals surface area (Å²) in [4.78, 5) is 23.7. The van der Waals surface area contributed by atoms with Crippen molar-refractivity contribution in [1.29, 1.82) is 0 Å². The SMILES string of the molecule is C[C@@]1(NC(=O)c2ccc(CS(C)(=O)=O)o2)CCCC[C@@H]1C(=O)O. The molecule has 0 unspecified atom stereocenters. The molecule has 8 heteroatoms. The van der Waals surface area contributed by atoms with Crippen molar-refractivity contribution in [3.8, 4) is 0 Å². The van der Waals surface area contributed by atoms with Crippen LogP contribution in [0.1, 0.15) is 48.9 Å². The summed E-state index contributed by atoms with van der Waals surface area (Å²) >= 11 is 0. The molecule has 0 saturated heterocycles. The zero-order chi connectivity index (χ0) is 17.3. The van der Waals surface area contributed by atoms with Gasteiger partial charge in [0.1, 0.15) is 11.5 Å². The number of carbonyl (C=O) groups is 2. The third-order valence-corrected chi connectivity index (χ3v) is 5.00. The lowest BCUT2D eigenvalue weighted by Crippen LogP contribution is -2.55. The van der Waals surface area contributed by atoms with Crippen molar-refractivity contribution in [3.63, 3.8) is 0 Å². The molecule has 7 nitrogen and oxygen atoms in total. The van der Waals surface area contributed by atoms with Crippen LogP contribution in [-0.4, -0.2) is 37.2 Å². The summed E-state index contributed by atoms with van der Waals surface area (Å²) in [6.07, 6.45) is 3.84. The monoisotopic (exact) mass is 343 g/mol. The van der Waals surface area contributed by atoms with E-state index in [1.807, 2.05) is 0 Å². The Balaban J connectivity index is 2.13. The van der Waals surface area contributed by atoms with Crippen molar-refractivity contribution in [2.75, 3.05) is 6.26 Å². The minimum absolute atomic E-state index is 0.0143. The first-order valence-electron chi connectivity index (χ1n) is 7.42. The van der Waals surface area contributed by atoms with E-state index < -0.39 is 33.2 Å². The molecule has 0 radical (unpaired) electrons. The number of carbonyl (C=O) groups excluding carboxylic acids is 1. The second-order valence-corrected chi connectivity index (χ2v) is 8.48. The Bertz CT molecular complexity index is 707. The molecule has 1 fully saturated rings. The fourth-order valence-corrected chi connectivity index (χ4v) is 3.71. The lowest BCUT2D eigenvalue weighted by Gasteiger charge is -2.39. The summed E-state index contributed by atoms with van der Waals surface area (Å²) in [6.45, 7) is 1.73. The average molecular weight is 343 g/mol. The maximum absolute atomic E-state index is 12.3. The topological polar surface area (TPSA) is 114 Å². The number of sulfone groups is 1. The summed E-state index contributed by atoms with van der Waals surface area (Å²) in [5.41, 5.74) is -0.842. The predicted molar refractivity (Wildman–Crippen MR) is 82.7 cm³/mol. The maximum Gasteiger partial charge on any atom is 0.308 e. The highest BCUT2D eigenvalue weighted by Crippen LogP contribution is 2.34. The molecule has 1 saturated carbocycles. The predicted octanol–water partition coefficient (Wildman–Crippen LogP) is 1.59. The van der Waals surface area contributed by atoms with Gasteiger partial charge in [-0.15, -0.1) is 0 Å². The molecule has 1 aromatic rings. The molecule has 0 bridgehead atoms. The Hall–Kier alpha value is -1.83. The Morgan fingerprint density at radius 1 is 1.39 bits per heavy atom. The third-order valence-electron chi connectivity index (χ3n) is 4.20. The van der Waals surface area contributed by atoms with Crippen LogP contribution in [0.25, 0.3) is 0 Å². The van der Waals surface area contributed by atoms with Crippen LogP contribution in [0.4, 0.5) is 0 Å². The number of nitrogens with one attached hydrogen (secondary N) is 1. The quantitative estimate of drug-likeness (QED) is 0.839. The molecule has 1 amide bonds. The number of aliphatic carboxylic acids is 1. The van der Waals surface area contributed by atoms with Gasteiger partial charge in [-0.2, -0.15) is 0 Å². The van der Waals surface area contributed by atoms with E-state index in [1.54, 1.807) is 6.92 Å². The van der Waals surface area contributed by atoms with Crippen LogP contribution in [0, 0.1) is 5.92 Å². The van der Waals surface area contributed by atoms with E-state index in [4.69, 9.17) is 4.42 Å². The number of amides is 1. The van der Waals surface area contributed by atoms with E-state index in [0.29, 0.717) is 12.8 Å². The van der Waals surface area contributed by atoms with Gasteiger partial charge in [0.15, 0.2) is 15.6 Å². The van der Waals surface area contributed by atoms with E-state index >= 15 is 0 Å². The Labute approximate surface area is 135 Å². The average Bonchev–Trinajstić information content (AvgIpc) is 2.84. The van der Waals surface area contributed by atoms with E-state index in [0.717, 1.165) is 19.1 Å². The third kappa shape index (κ3) is 4.34. The molecule has 1 aliphatic rings. The number of carboxylic acid groups (broad SMARTS) is 1. The number of hydrogen-bond donors (Lipinski definition) is 2. The summed E-state index contributed by atoms with van der Waals surface area (Å²) in [6, 6.07) is 2.84. The van der Waals surface area contributed by atoms with Crippen molar-refractivity contribution >= 4 is 21.7 Å². The van der Waals surface area contributed by atoms with E-state index in [9.17, 15) is 23.1 Å². The second kappa shape index (κ2) is 6.35. The lowest BCUT2D eigenvalue weighted by molar-refractivity contribution is -0.145. The highest BCUT2D eigenvalue weighted by Gasteiger charge is 2.42. The second-order valence-electron chi connectivity index (χ2n) is 6.34. The first-order valence-corrected chi connectivity index (χ1v) is 9.48. The van der Waals surface area contributed by atoms with Crippen LogP contribution in [0.5, 0.6) is 0 Å². The van der Waals surface area contributed by atoms with Crippen LogP contribution in [0.2, 0.25) is 0 Å². The van der Waals surface area contributed by atoms with Crippen molar-refractivity contribution < 1.29 is 27.5 Å². The minimum atomic E-state index is -3.25. The standard InChI is InChI=1S/C15H21NO6S/c1-15(8-4-3-5-11(15)14(18)19)16-13(17)12-7-6-10(22-12)9-23(2,20)21/h6-7,11H,3-5,8-9H2,1-2H3,(H,16,17)(H,18,19)/t11-,15-/m1/s1. The maximum atomic E-state index is 12.3. The molecule has 0 aliphatic heterocycles. The van der Waals surface area contributed by atoms with Crippen LogP contribution in [0.3, 0.4) is 0 Å². The smallest absolute Gasteiger partial charge is 0.308 e. The molecule has 0 aromatic carbocycles. The van der Waals surface area contributed by atoms with Gasteiger partial charge in [-0.25, -0.2) is 8.42 Å². The lowest BCUT2D eigenvalue weighted by atomic mass is 9.74. The molecule has 128 valence electrons. The Morgan fingerprint density at radius 2 is 2.09 bits per heavy atom. The summed E-state index contributed by atoms with van der Waals surface area (Å²) in [5.74, 6) is -2.22. The molecular formula is C15H21NO6S. The highest BCUT2D eigenvalue weighted by atomic mass is 32.2. The molecule has 2 rings (SSSR count). The zero-order valence-electron chi connectivity index (χ0n) is 13.2. The van der Waals surface area contributed by atoms with E-state index in [-0.39, 0.29) is 17.3 Å². The molecule has 23 heavy (non-hydrogen) atoms. The molecular weight excluding hydrogens is 322 g/mol. The molecule has 1 aromatic heterocycles. The molecule has 0 spiro atoms. The molecule has 2 atom stereocenters. The van der Waals surface area contributed by atoms with Gasteiger partial charge in [0.05, 0.1) is 11.5 Å². The Morgan fingerprint density at radius 3 is 2.70 bits per heavy atom. The number of rotatable bonds is 5. The fraction of sp³-hybridized carbons (Fsp3) is 0.600. The van der Waals surface area contributed by atoms with Crippen molar-refractivity contribution in [1.82, 2.24) is 5.32 Å². The highest BCUT2D eigenvalue weighted by molar-refractivity contribution is 7.89. The van der Waals surface area contributed by atoms with Gasteiger partial charge in [-0.1, -0.05) is 12.8 Å². The molecule has 1 aliphatic carbocycles. The van der Waals surface area contributed by atoms with Crippen LogP contribution in [-0.2, 0) is 20.4 Å². The van der Waals surface area contributed by atoms with Crippen LogP contribution in [0.15, 0.2) is 16.5 Å². The Kier molecular flexibility index (Phi) is 4.84. The summed E-state index contributed by atoms with van der Waals surface area (Å²) in [5, 5.41) is 12.1. The normalized spacial score (nSPS) is 25.0. The van der Waals surface area contributed by atoms with Gasteiger partial charge in [-0.05, 0) is 31.9 Å². The first kappa shape index (κ1) is 17.5. The van der Waals surface area contributed by atoms with Crippen molar-refractivity contribution in [2.45, 2.75) is 43.9 Å². The molecule has 2 N–H and O–H groups in total. The largest absolute Gasteiger partial charge is 0.481 e. The number of hydrogen-bond acceptors (Lipinski definition) is 5. The van der Waals surface area contributed by atoms with Gasteiger partial charge in [0, 0.05) is 6.26 Å². The summed E-state index contributed by atoms with van der Waals surface area (Å²) in [7, 11) is -3.25. The van der Waals surface area contributed by atoms with Crippen molar-refractivity contribution in [3.05, 3.63) is 23.7 Å². The van der Waals surface area contributed by atoms with Crippen molar-refractivity contribution in [2.24, 2.45) is 5.92 Å².